The summed E-state index contributed by atoms with van der Waals surface area (Å²) in [5.41, 5.74) is 3.33. The fraction of sp³-hybridized carbons (Fsp3) is 0.0833. The molecule has 0 atom stereocenters. The molecule has 0 radical (unpaired) electrons. The number of benzene rings is 3. The molecule has 0 saturated heterocycles. The Balaban J connectivity index is 1.71. The molecule has 0 heterocycles. The third kappa shape index (κ3) is 5.23. The summed E-state index contributed by atoms with van der Waals surface area (Å²) in [6.07, 6.45) is 3.92. The lowest BCUT2D eigenvalue weighted by molar-refractivity contribution is 0.363. The van der Waals surface area contributed by atoms with E-state index in [0.717, 1.165) is 22.4 Å². The third-order valence-electron chi connectivity index (χ3n) is 3.93. The average Bonchev–Trinajstić information content (AvgIpc) is 2.69. The van der Waals surface area contributed by atoms with Crippen LogP contribution in [-0.2, 0) is 0 Å². The summed E-state index contributed by atoms with van der Waals surface area (Å²) in [7, 11) is 0. The highest BCUT2D eigenvalue weighted by atomic mass is 35.5. The van der Waals surface area contributed by atoms with E-state index in [1.165, 1.54) is 6.07 Å². The lowest BCUT2D eigenvalue weighted by Crippen LogP contribution is -1.92. The van der Waals surface area contributed by atoms with E-state index in [1.807, 2.05) is 67.6 Å². The van der Waals surface area contributed by atoms with Crippen LogP contribution in [0.4, 0.5) is 4.39 Å². The molecule has 3 heteroatoms. The Morgan fingerprint density at radius 3 is 2.22 bits per heavy atom. The van der Waals surface area contributed by atoms with E-state index < -0.39 is 5.82 Å². The van der Waals surface area contributed by atoms with E-state index in [0.29, 0.717) is 17.2 Å². The number of halogens is 2. The summed E-state index contributed by atoms with van der Waals surface area (Å²) >= 11 is 5.75. The van der Waals surface area contributed by atoms with Crippen LogP contribution < -0.4 is 4.74 Å². The van der Waals surface area contributed by atoms with Crippen LogP contribution in [0.15, 0.2) is 78.9 Å². The molecule has 0 N–H and O–H groups in total. The minimum atomic E-state index is -0.414. The fourth-order valence-electron chi connectivity index (χ4n) is 2.46. The van der Waals surface area contributed by atoms with Crippen molar-refractivity contribution in [3.8, 4) is 28.7 Å². The zero-order valence-corrected chi connectivity index (χ0v) is 15.6. The smallest absolute Gasteiger partial charge is 0.140 e. The van der Waals surface area contributed by atoms with Gasteiger partial charge in [0.1, 0.15) is 18.2 Å². The lowest BCUT2D eigenvalue weighted by Gasteiger charge is -2.05. The molecule has 0 aliphatic heterocycles. The Labute approximate surface area is 164 Å². The molecule has 1 nitrogen and oxygen atoms in total. The highest BCUT2D eigenvalue weighted by Gasteiger charge is 2.01. The van der Waals surface area contributed by atoms with Crippen LogP contribution in [0.5, 0.6) is 5.75 Å². The van der Waals surface area contributed by atoms with Crippen LogP contribution in [0.2, 0.25) is 5.02 Å². The minimum absolute atomic E-state index is 0.331. The van der Waals surface area contributed by atoms with Crippen molar-refractivity contribution in [3.05, 3.63) is 101 Å². The van der Waals surface area contributed by atoms with Crippen molar-refractivity contribution < 1.29 is 9.13 Å². The summed E-state index contributed by atoms with van der Waals surface area (Å²) in [5.74, 6) is 6.24. The number of ether oxygens (including phenoxy) is 1. The van der Waals surface area contributed by atoms with E-state index >= 15 is 0 Å². The van der Waals surface area contributed by atoms with Crippen LogP contribution in [0.25, 0.3) is 11.1 Å². The van der Waals surface area contributed by atoms with Gasteiger partial charge in [0.2, 0.25) is 0 Å². The van der Waals surface area contributed by atoms with Gasteiger partial charge in [-0.2, -0.15) is 0 Å². The number of rotatable bonds is 4. The molecule has 134 valence electrons. The molecule has 0 aliphatic carbocycles. The molecule has 3 aromatic rings. The van der Waals surface area contributed by atoms with Crippen LogP contribution in [0.1, 0.15) is 18.1 Å². The molecule has 0 spiro atoms. The zero-order chi connectivity index (χ0) is 19.1. The number of hydrogen-bond donors (Lipinski definition) is 0. The SMILES string of the molecule is CC=CCOc1ccc(-c2ccc(C#Cc3ccc(Cl)cc3F)cc2)cc1. The summed E-state index contributed by atoms with van der Waals surface area (Å²) in [5, 5.41) is 0.362. The summed E-state index contributed by atoms with van der Waals surface area (Å²) in [6.45, 7) is 2.53. The Hall–Kier alpha value is -3.02. The van der Waals surface area contributed by atoms with E-state index in [2.05, 4.69) is 11.8 Å². The van der Waals surface area contributed by atoms with Crippen molar-refractivity contribution in [1.29, 1.82) is 0 Å². The molecule has 0 bridgehead atoms. The first-order valence-corrected chi connectivity index (χ1v) is 8.95. The predicted octanol–water partition coefficient (Wildman–Crippen LogP) is 6.50. The fourth-order valence-corrected chi connectivity index (χ4v) is 2.62. The molecular weight excluding hydrogens is 359 g/mol. The molecule has 27 heavy (non-hydrogen) atoms. The molecule has 0 aromatic heterocycles. The first-order chi connectivity index (χ1) is 13.2. The van der Waals surface area contributed by atoms with Gasteiger partial charge in [0, 0.05) is 10.6 Å². The Morgan fingerprint density at radius 1 is 0.926 bits per heavy atom. The second-order valence-corrected chi connectivity index (χ2v) is 6.29. The van der Waals surface area contributed by atoms with Crippen LogP contribution in [-0.4, -0.2) is 6.61 Å². The highest BCUT2D eigenvalue weighted by molar-refractivity contribution is 6.30. The maximum absolute atomic E-state index is 13.8. The van der Waals surface area contributed by atoms with E-state index in [-0.39, 0.29) is 0 Å². The second kappa shape index (κ2) is 9.07. The van der Waals surface area contributed by atoms with Gasteiger partial charge in [-0.05, 0) is 60.5 Å². The number of hydrogen-bond acceptors (Lipinski definition) is 1. The molecule has 3 aromatic carbocycles. The molecule has 3 rings (SSSR count). The zero-order valence-electron chi connectivity index (χ0n) is 14.9. The van der Waals surface area contributed by atoms with E-state index in [4.69, 9.17) is 16.3 Å². The highest BCUT2D eigenvalue weighted by Crippen LogP contribution is 2.23. The molecule has 0 fully saturated rings. The predicted molar refractivity (Wildman–Crippen MR) is 110 cm³/mol. The largest absolute Gasteiger partial charge is 0.490 e. The summed E-state index contributed by atoms with van der Waals surface area (Å²) in [6, 6.07) is 20.3. The van der Waals surface area contributed by atoms with E-state index in [9.17, 15) is 4.39 Å². The normalized spacial score (nSPS) is 10.5. The van der Waals surface area contributed by atoms with E-state index in [1.54, 1.807) is 12.1 Å². The van der Waals surface area contributed by atoms with Gasteiger partial charge in [-0.25, -0.2) is 4.39 Å². The van der Waals surface area contributed by atoms with Gasteiger partial charge in [-0.15, -0.1) is 0 Å². The third-order valence-corrected chi connectivity index (χ3v) is 4.16. The topological polar surface area (TPSA) is 9.23 Å². The van der Waals surface area contributed by atoms with Crippen LogP contribution in [0.3, 0.4) is 0 Å². The van der Waals surface area contributed by atoms with Gasteiger partial charge in [0.05, 0.1) is 5.56 Å². The standard InChI is InChI=1S/C24H18ClFO/c1-2-3-16-27-23-14-11-20(12-15-23)19-7-4-18(5-8-19)6-9-21-10-13-22(25)17-24(21)26/h2-5,7-8,10-15,17H,16H2,1H3. The molecule has 0 amide bonds. The monoisotopic (exact) mass is 376 g/mol. The van der Waals surface area contributed by atoms with Gasteiger partial charge in [-0.3, -0.25) is 0 Å². The quantitative estimate of drug-likeness (QED) is 0.373. The van der Waals surface area contributed by atoms with Crippen molar-refractivity contribution in [2.45, 2.75) is 6.92 Å². The van der Waals surface area contributed by atoms with Gasteiger partial charge in [0.25, 0.3) is 0 Å². The Morgan fingerprint density at radius 2 is 1.59 bits per heavy atom. The summed E-state index contributed by atoms with van der Waals surface area (Å²) < 4.78 is 19.4. The van der Waals surface area contributed by atoms with Crippen molar-refractivity contribution in [2.75, 3.05) is 6.61 Å². The van der Waals surface area contributed by atoms with Gasteiger partial charge in [0.15, 0.2) is 0 Å². The van der Waals surface area contributed by atoms with Crippen molar-refractivity contribution in [1.82, 2.24) is 0 Å². The molecule has 0 unspecified atom stereocenters. The van der Waals surface area contributed by atoms with Crippen molar-refractivity contribution in [3.63, 3.8) is 0 Å². The van der Waals surface area contributed by atoms with Gasteiger partial charge < -0.3 is 4.74 Å². The maximum Gasteiger partial charge on any atom is 0.140 e. The first kappa shape index (κ1) is 18.8. The van der Waals surface area contributed by atoms with Gasteiger partial charge >= 0.3 is 0 Å². The van der Waals surface area contributed by atoms with Crippen LogP contribution >= 0.6 is 11.6 Å². The Kier molecular flexibility index (Phi) is 6.30. The van der Waals surface area contributed by atoms with Crippen molar-refractivity contribution >= 4 is 11.6 Å². The maximum atomic E-state index is 13.8. The molecule has 0 saturated carbocycles. The number of allylic oxidation sites excluding steroid dienone is 1. The van der Waals surface area contributed by atoms with Gasteiger partial charge in [-0.1, -0.05) is 59.9 Å². The van der Waals surface area contributed by atoms with Crippen LogP contribution in [0, 0.1) is 17.7 Å². The molecule has 0 aliphatic rings. The lowest BCUT2D eigenvalue weighted by atomic mass is 10.0. The minimum Gasteiger partial charge on any atom is -0.490 e. The second-order valence-electron chi connectivity index (χ2n) is 5.86. The first-order valence-electron chi connectivity index (χ1n) is 8.57. The molecular formula is C24H18ClFO. The van der Waals surface area contributed by atoms with Crippen molar-refractivity contribution in [2.24, 2.45) is 0 Å². The summed E-state index contributed by atoms with van der Waals surface area (Å²) in [4.78, 5) is 0. The Bertz CT molecular complexity index is 993. The average molecular weight is 377 g/mol.